The minimum atomic E-state index is -0.403. The van der Waals surface area contributed by atoms with E-state index in [1.165, 1.54) is 0 Å². The van der Waals surface area contributed by atoms with E-state index in [9.17, 15) is 0 Å². The predicted molar refractivity (Wildman–Crippen MR) is 70.0 cm³/mol. The van der Waals surface area contributed by atoms with E-state index < -0.39 is 7.12 Å². The molecule has 17 heavy (non-hydrogen) atoms. The van der Waals surface area contributed by atoms with E-state index in [2.05, 4.69) is 11.6 Å². The fourth-order valence-corrected chi connectivity index (χ4v) is 1.69. The van der Waals surface area contributed by atoms with Crippen molar-refractivity contribution in [2.75, 3.05) is 0 Å². The van der Waals surface area contributed by atoms with Crippen LogP contribution in [0.4, 0.5) is 0 Å². The number of hydrogen-bond donors (Lipinski definition) is 0. The molecule has 0 bridgehead atoms. The number of pyridine rings is 1. The zero-order valence-electron chi connectivity index (χ0n) is 10.9. The Morgan fingerprint density at radius 2 is 1.82 bits per heavy atom. The molecule has 1 aliphatic heterocycles. The molecule has 0 atom stereocenters. The van der Waals surface area contributed by atoms with Crippen molar-refractivity contribution < 1.29 is 9.31 Å². The molecule has 0 amide bonds. The van der Waals surface area contributed by atoms with E-state index >= 15 is 0 Å². The highest BCUT2D eigenvalue weighted by atomic mass is 16.7. The summed E-state index contributed by atoms with van der Waals surface area (Å²) in [7, 11) is -0.403. The highest BCUT2D eigenvalue weighted by Crippen LogP contribution is 2.36. The predicted octanol–water partition coefficient (Wildman–Crippen LogP) is 2.02. The van der Waals surface area contributed by atoms with Crippen LogP contribution in [0.3, 0.4) is 0 Å². The molecular weight excluding hydrogens is 213 g/mol. The van der Waals surface area contributed by atoms with Crippen LogP contribution in [0.25, 0.3) is 6.08 Å². The van der Waals surface area contributed by atoms with Crippen molar-refractivity contribution >= 4 is 18.8 Å². The zero-order chi connectivity index (χ0) is 12.7. The molecule has 1 fully saturated rings. The van der Waals surface area contributed by atoms with Gasteiger partial charge in [0.25, 0.3) is 0 Å². The lowest BCUT2D eigenvalue weighted by Gasteiger charge is -2.32. The molecule has 2 rings (SSSR count). The Morgan fingerprint density at radius 3 is 2.35 bits per heavy atom. The number of hydrogen-bond acceptors (Lipinski definition) is 3. The van der Waals surface area contributed by atoms with Crippen molar-refractivity contribution in [3.05, 3.63) is 30.5 Å². The fourth-order valence-electron chi connectivity index (χ4n) is 1.69. The molecule has 0 unspecified atom stereocenters. The molecule has 0 aromatic carbocycles. The van der Waals surface area contributed by atoms with Crippen molar-refractivity contribution in [3.8, 4) is 0 Å². The van der Waals surface area contributed by atoms with Gasteiger partial charge in [-0.2, -0.15) is 0 Å². The zero-order valence-corrected chi connectivity index (χ0v) is 10.9. The monoisotopic (exact) mass is 231 g/mol. The molecule has 0 aliphatic carbocycles. The fraction of sp³-hybridized carbons (Fsp3) is 0.462. The highest BCUT2D eigenvalue weighted by molar-refractivity contribution is 6.61. The van der Waals surface area contributed by atoms with Gasteiger partial charge in [0, 0.05) is 6.20 Å². The molecule has 1 aliphatic rings. The maximum Gasteiger partial charge on any atom is 0.514 e. The van der Waals surface area contributed by atoms with Crippen LogP contribution in [0.5, 0.6) is 0 Å². The Morgan fingerprint density at radius 1 is 1.24 bits per heavy atom. The first-order valence-electron chi connectivity index (χ1n) is 5.80. The van der Waals surface area contributed by atoms with Crippen molar-refractivity contribution in [3.63, 3.8) is 0 Å². The first kappa shape index (κ1) is 12.3. The maximum absolute atomic E-state index is 5.93. The highest BCUT2D eigenvalue weighted by Gasteiger charge is 2.52. The van der Waals surface area contributed by atoms with Gasteiger partial charge < -0.3 is 9.31 Å². The number of aromatic nitrogens is 1. The van der Waals surface area contributed by atoms with Crippen LogP contribution < -0.4 is 5.59 Å². The van der Waals surface area contributed by atoms with Crippen molar-refractivity contribution in [1.29, 1.82) is 0 Å². The van der Waals surface area contributed by atoms with Crippen LogP contribution in [0.1, 0.15) is 33.3 Å². The topological polar surface area (TPSA) is 31.4 Å². The lowest BCUT2D eigenvalue weighted by Crippen LogP contribution is -2.41. The van der Waals surface area contributed by atoms with E-state index in [-0.39, 0.29) is 11.2 Å². The summed E-state index contributed by atoms with van der Waals surface area (Å²) in [6.07, 6.45) is 3.54. The summed E-state index contributed by atoms with van der Waals surface area (Å²) in [4.78, 5) is 4.30. The van der Waals surface area contributed by atoms with Crippen molar-refractivity contribution in [2.24, 2.45) is 0 Å². The van der Waals surface area contributed by atoms with E-state index in [0.29, 0.717) is 0 Å². The minimum absolute atomic E-state index is 0.330. The minimum Gasteiger partial charge on any atom is -0.398 e. The van der Waals surface area contributed by atoms with Crippen molar-refractivity contribution in [2.45, 2.75) is 38.9 Å². The quantitative estimate of drug-likeness (QED) is 0.729. The summed E-state index contributed by atoms with van der Waals surface area (Å²) in [5.41, 5.74) is 1.15. The van der Waals surface area contributed by atoms with Crippen LogP contribution in [0.2, 0.25) is 0 Å². The van der Waals surface area contributed by atoms with E-state index in [1.54, 1.807) is 12.3 Å². The second-order valence-corrected chi connectivity index (χ2v) is 5.31. The average Bonchev–Trinajstić information content (AvgIpc) is 2.48. The van der Waals surface area contributed by atoms with Gasteiger partial charge in [0.15, 0.2) is 0 Å². The Balaban J connectivity index is 2.28. The molecule has 0 radical (unpaired) electrons. The van der Waals surface area contributed by atoms with Gasteiger partial charge in [-0.25, -0.2) is 0 Å². The van der Waals surface area contributed by atoms with Crippen LogP contribution in [-0.2, 0) is 9.31 Å². The summed E-state index contributed by atoms with van der Waals surface area (Å²) in [5.74, 6) is 0. The van der Waals surface area contributed by atoms with Crippen LogP contribution in [0, 0.1) is 0 Å². The third-order valence-corrected chi connectivity index (χ3v) is 3.54. The smallest absolute Gasteiger partial charge is 0.398 e. The van der Waals surface area contributed by atoms with Gasteiger partial charge in [0.1, 0.15) is 0 Å². The summed E-state index contributed by atoms with van der Waals surface area (Å²) >= 11 is 0. The molecular formula is C13H18BNO2. The lowest BCUT2D eigenvalue weighted by atomic mass is 9.83. The molecule has 3 nitrogen and oxygen atoms in total. The summed E-state index contributed by atoms with van der Waals surface area (Å²) in [5, 5.41) is 0. The second-order valence-electron chi connectivity index (χ2n) is 5.31. The normalized spacial score (nSPS) is 21.5. The maximum atomic E-state index is 5.93. The Bertz CT molecular complexity index is 427. The molecule has 0 spiro atoms. The summed E-state index contributed by atoms with van der Waals surface area (Å²) in [6.45, 7) is 11.9. The summed E-state index contributed by atoms with van der Waals surface area (Å²) in [6, 6.07) is 3.84. The average molecular weight is 231 g/mol. The van der Waals surface area contributed by atoms with E-state index in [4.69, 9.17) is 9.31 Å². The first-order chi connectivity index (χ1) is 7.86. The molecule has 90 valence electrons. The largest absolute Gasteiger partial charge is 0.514 e. The SMILES string of the molecule is C=Cc1ccnc(B2OC(C)(C)C(C)(C)O2)c1. The molecule has 0 saturated carbocycles. The van der Waals surface area contributed by atoms with Gasteiger partial charge >= 0.3 is 7.12 Å². The van der Waals surface area contributed by atoms with Gasteiger partial charge in [-0.15, -0.1) is 0 Å². The molecule has 1 saturated heterocycles. The molecule has 1 aromatic rings. The van der Waals surface area contributed by atoms with Crippen molar-refractivity contribution in [1.82, 2.24) is 4.98 Å². The summed E-state index contributed by atoms with van der Waals surface area (Å²) < 4.78 is 11.9. The van der Waals surface area contributed by atoms with Gasteiger partial charge in [-0.3, -0.25) is 4.98 Å². The van der Waals surface area contributed by atoms with Gasteiger partial charge in [-0.1, -0.05) is 12.7 Å². The van der Waals surface area contributed by atoms with Crippen LogP contribution >= 0.6 is 0 Å². The lowest BCUT2D eigenvalue weighted by molar-refractivity contribution is 0.00578. The van der Waals surface area contributed by atoms with Gasteiger partial charge in [0.05, 0.1) is 16.8 Å². The first-order valence-corrected chi connectivity index (χ1v) is 5.80. The number of rotatable bonds is 2. The van der Waals surface area contributed by atoms with Crippen LogP contribution in [0.15, 0.2) is 24.9 Å². The van der Waals surface area contributed by atoms with Gasteiger partial charge in [0.2, 0.25) is 0 Å². The van der Waals surface area contributed by atoms with Crippen LogP contribution in [-0.4, -0.2) is 23.3 Å². The van der Waals surface area contributed by atoms with E-state index in [1.807, 2.05) is 39.8 Å². The van der Waals surface area contributed by atoms with E-state index in [0.717, 1.165) is 11.2 Å². The third-order valence-electron chi connectivity index (χ3n) is 3.54. The number of nitrogens with zero attached hydrogens (tertiary/aromatic N) is 1. The standard InChI is InChI=1S/C13H18BNO2/c1-6-10-7-8-15-11(9-10)14-16-12(2,3)13(4,5)17-14/h6-9H,1H2,2-5H3. The Kier molecular flexibility index (Phi) is 2.88. The Labute approximate surface area is 103 Å². The Hall–Kier alpha value is -1.13. The molecule has 4 heteroatoms. The van der Waals surface area contributed by atoms with Gasteiger partial charge in [-0.05, 0) is 45.4 Å². The molecule has 1 aromatic heterocycles. The molecule has 2 heterocycles. The molecule has 0 N–H and O–H groups in total. The third kappa shape index (κ3) is 2.15. The second kappa shape index (κ2) is 3.96.